The molecule has 0 unspecified atom stereocenters. The van der Waals surface area contributed by atoms with E-state index in [2.05, 4.69) is 26.6 Å². The second-order valence-corrected chi connectivity index (χ2v) is 4.64. The van der Waals surface area contributed by atoms with Crippen molar-refractivity contribution in [3.8, 4) is 17.4 Å². The van der Waals surface area contributed by atoms with Gasteiger partial charge in [0.25, 0.3) is 5.56 Å². The number of fused-ring (bicyclic) bond motifs is 1. The molecule has 0 radical (unpaired) electrons. The first-order valence-electron chi connectivity index (χ1n) is 6.47. The lowest BCUT2D eigenvalue weighted by Crippen LogP contribution is -2.30. The van der Waals surface area contributed by atoms with E-state index in [4.69, 9.17) is 4.74 Å². The summed E-state index contributed by atoms with van der Waals surface area (Å²) >= 11 is 0. The van der Waals surface area contributed by atoms with E-state index in [9.17, 15) is 9.59 Å². The molecular weight excluding hydrogens is 288 g/mol. The van der Waals surface area contributed by atoms with Crippen LogP contribution in [0.25, 0.3) is 22.7 Å². The number of methoxy groups -OCH3 is 1. The summed E-state index contributed by atoms with van der Waals surface area (Å²) in [5, 5.41) is 4.14. The number of hydrogen-bond acceptors (Lipinski definition) is 5. The van der Waals surface area contributed by atoms with Crippen molar-refractivity contribution in [1.82, 2.24) is 29.3 Å². The van der Waals surface area contributed by atoms with Crippen molar-refractivity contribution in [2.45, 2.75) is 6.54 Å². The van der Waals surface area contributed by atoms with Gasteiger partial charge in [-0.25, -0.2) is 9.78 Å². The number of aryl methyl sites for hydroxylation is 1. The van der Waals surface area contributed by atoms with Crippen molar-refractivity contribution >= 4 is 11.2 Å². The Labute approximate surface area is 123 Å². The van der Waals surface area contributed by atoms with Gasteiger partial charge < -0.3 is 9.72 Å². The zero-order valence-corrected chi connectivity index (χ0v) is 12.1. The first kappa shape index (κ1) is 13.9. The fourth-order valence-electron chi connectivity index (χ4n) is 2.22. The molecule has 0 aromatic carbocycles. The average Bonchev–Trinajstić information content (AvgIpc) is 3.07. The van der Waals surface area contributed by atoms with E-state index < -0.39 is 11.2 Å². The molecule has 0 saturated carbocycles. The topological polar surface area (TPSA) is 111 Å². The summed E-state index contributed by atoms with van der Waals surface area (Å²) in [6, 6.07) is 1.68. The van der Waals surface area contributed by atoms with Gasteiger partial charge in [-0.05, 0) is 0 Å². The average molecular weight is 302 g/mol. The molecule has 0 aliphatic rings. The molecule has 3 aromatic heterocycles. The van der Waals surface area contributed by atoms with Gasteiger partial charge in [-0.1, -0.05) is 6.08 Å². The lowest BCUT2D eigenvalue weighted by molar-refractivity contribution is 0.392. The van der Waals surface area contributed by atoms with E-state index in [1.54, 1.807) is 23.9 Å². The molecule has 0 amide bonds. The van der Waals surface area contributed by atoms with E-state index in [-0.39, 0.29) is 17.7 Å². The van der Waals surface area contributed by atoms with E-state index in [1.165, 1.54) is 11.7 Å². The third-order valence-corrected chi connectivity index (χ3v) is 3.25. The van der Waals surface area contributed by atoms with Gasteiger partial charge in [-0.3, -0.25) is 19.0 Å². The number of allylic oxidation sites excluding steroid dienone is 1. The van der Waals surface area contributed by atoms with Crippen molar-refractivity contribution in [2.75, 3.05) is 7.11 Å². The number of aromatic amines is 2. The van der Waals surface area contributed by atoms with Crippen LogP contribution in [0.4, 0.5) is 0 Å². The van der Waals surface area contributed by atoms with Crippen LogP contribution in [0.2, 0.25) is 0 Å². The molecule has 3 aromatic rings. The number of imidazole rings is 1. The van der Waals surface area contributed by atoms with Gasteiger partial charge in [0.2, 0.25) is 5.88 Å². The maximum Gasteiger partial charge on any atom is 0.330 e. The molecule has 0 atom stereocenters. The molecule has 0 aliphatic heterocycles. The SMILES string of the molecule is C=CCn1c(=O)[nH]c(=O)c2[nH]c(-c3cc(OC)nn3C)nc21. The van der Waals surface area contributed by atoms with Crippen LogP contribution >= 0.6 is 0 Å². The summed E-state index contributed by atoms with van der Waals surface area (Å²) in [6.07, 6.45) is 1.56. The fourth-order valence-corrected chi connectivity index (χ4v) is 2.22. The van der Waals surface area contributed by atoms with Crippen molar-refractivity contribution in [3.63, 3.8) is 0 Å². The van der Waals surface area contributed by atoms with E-state index in [0.717, 1.165) is 0 Å². The molecular formula is C13H14N6O3. The summed E-state index contributed by atoms with van der Waals surface area (Å²) in [5.41, 5.74) is 0.0664. The summed E-state index contributed by atoms with van der Waals surface area (Å²) in [5.74, 6) is 0.845. The number of nitrogens with zero attached hydrogens (tertiary/aromatic N) is 4. The number of aromatic nitrogens is 6. The third-order valence-electron chi connectivity index (χ3n) is 3.25. The van der Waals surface area contributed by atoms with Crippen LogP contribution in [0.1, 0.15) is 0 Å². The largest absolute Gasteiger partial charge is 0.480 e. The molecule has 114 valence electrons. The summed E-state index contributed by atoms with van der Waals surface area (Å²) in [7, 11) is 3.24. The Hall–Kier alpha value is -3.10. The second-order valence-electron chi connectivity index (χ2n) is 4.64. The minimum absolute atomic E-state index is 0.219. The molecule has 0 aliphatic carbocycles. The monoisotopic (exact) mass is 302 g/mol. The van der Waals surface area contributed by atoms with Crippen LogP contribution in [0, 0.1) is 0 Å². The van der Waals surface area contributed by atoms with Gasteiger partial charge in [0, 0.05) is 19.7 Å². The van der Waals surface area contributed by atoms with Crippen LogP contribution in [-0.2, 0) is 13.6 Å². The number of ether oxygens (including phenoxy) is 1. The first-order chi connectivity index (χ1) is 10.5. The molecule has 22 heavy (non-hydrogen) atoms. The highest BCUT2D eigenvalue weighted by molar-refractivity contribution is 5.74. The lowest BCUT2D eigenvalue weighted by Gasteiger charge is -2.00. The van der Waals surface area contributed by atoms with E-state index in [0.29, 0.717) is 17.4 Å². The van der Waals surface area contributed by atoms with Crippen LogP contribution in [0.3, 0.4) is 0 Å². The number of hydrogen-bond donors (Lipinski definition) is 2. The minimum Gasteiger partial charge on any atom is -0.480 e. The molecule has 0 bridgehead atoms. The van der Waals surface area contributed by atoms with Crippen LogP contribution < -0.4 is 16.0 Å². The van der Waals surface area contributed by atoms with E-state index >= 15 is 0 Å². The first-order valence-corrected chi connectivity index (χ1v) is 6.47. The van der Waals surface area contributed by atoms with Crippen molar-refractivity contribution < 1.29 is 4.74 Å². The zero-order chi connectivity index (χ0) is 15.9. The van der Waals surface area contributed by atoms with Crippen molar-refractivity contribution in [1.29, 1.82) is 0 Å². The van der Waals surface area contributed by atoms with Gasteiger partial charge in [0.15, 0.2) is 11.5 Å². The predicted octanol–water partition coefficient (Wildman–Crippen LogP) is 0.00800. The predicted molar refractivity (Wildman–Crippen MR) is 79.9 cm³/mol. The highest BCUT2D eigenvalue weighted by atomic mass is 16.5. The Morgan fingerprint density at radius 1 is 1.41 bits per heavy atom. The minimum atomic E-state index is -0.530. The van der Waals surface area contributed by atoms with Crippen molar-refractivity contribution in [3.05, 3.63) is 39.6 Å². The van der Waals surface area contributed by atoms with Gasteiger partial charge in [-0.2, -0.15) is 0 Å². The highest BCUT2D eigenvalue weighted by Crippen LogP contribution is 2.21. The van der Waals surface area contributed by atoms with Crippen molar-refractivity contribution in [2.24, 2.45) is 7.05 Å². The van der Waals surface area contributed by atoms with E-state index in [1.807, 2.05) is 0 Å². The van der Waals surface area contributed by atoms with Gasteiger partial charge in [-0.15, -0.1) is 11.7 Å². The summed E-state index contributed by atoms with van der Waals surface area (Å²) in [6.45, 7) is 3.84. The number of rotatable bonds is 4. The van der Waals surface area contributed by atoms with Gasteiger partial charge in [0.1, 0.15) is 11.2 Å². The fraction of sp³-hybridized carbons (Fsp3) is 0.231. The van der Waals surface area contributed by atoms with Crippen LogP contribution in [0.15, 0.2) is 28.3 Å². The molecule has 0 saturated heterocycles. The highest BCUT2D eigenvalue weighted by Gasteiger charge is 2.16. The Morgan fingerprint density at radius 3 is 2.82 bits per heavy atom. The second kappa shape index (κ2) is 5.02. The third kappa shape index (κ3) is 2.03. The molecule has 0 spiro atoms. The van der Waals surface area contributed by atoms with Crippen LogP contribution in [-0.4, -0.2) is 36.4 Å². The zero-order valence-electron chi connectivity index (χ0n) is 12.1. The molecule has 9 nitrogen and oxygen atoms in total. The van der Waals surface area contributed by atoms with Gasteiger partial charge in [0.05, 0.1) is 7.11 Å². The standard InChI is InChI=1S/C13H14N6O3/c1-4-5-19-11-9(12(20)16-13(19)21)14-10(15-11)7-6-8(22-3)17-18(7)2/h4,6H,1,5H2,2-3H3,(H,14,15)(H,16,20,21). The number of H-pyrrole nitrogens is 2. The maximum atomic E-state index is 11.9. The Balaban J connectivity index is 2.29. The Morgan fingerprint density at radius 2 is 2.18 bits per heavy atom. The quantitative estimate of drug-likeness (QED) is 0.659. The molecule has 2 N–H and O–H groups in total. The maximum absolute atomic E-state index is 11.9. The Kier molecular flexibility index (Phi) is 3.17. The normalized spacial score (nSPS) is 11.0. The smallest absolute Gasteiger partial charge is 0.330 e. The Bertz CT molecular complexity index is 974. The molecule has 3 heterocycles. The van der Waals surface area contributed by atoms with Crippen LogP contribution in [0.5, 0.6) is 5.88 Å². The van der Waals surface area contributed by atoms with Gasteiger partial charge >= 0.3 is 5.69 Å². The molecule has 0 fully saturated rings. The molecule has 9 heteroatoms. The summed E-state index contributed by atoms with van der Waals surface area (Å²) < 4.78 is 7.97. The molecule has 3 rings (SSSR count). The summed E-state index contributed by atoms with van der Waals surface area (Å²) in [4.78, 5) is 33.3. The lowest BCUT2D eigenvalue weighted by atomic mass is 10.4. The number of nitrogens with one attached hydrogen (secondary N) is 2.